The fourth-order valence-corrected chi connectivity index (χ4v) is 5.23. The molecule has 3 rings (SSSR count). The highest BCUT2D eigenvalue weighted by Gasteiger charge is 2.44. The second kappa shape index (κ2) is 12.1. The number of ether oxygens (including phenoxy) is 1. The molecule has 1 aliphatic rings. The van der Waals surface area contributed by atoms with E-state index in [2.05, 4.69) is 10.6 Å². The Kier molecular flexibility index (Phi) is 9.14. The molecule has 0 saturated carbocycles. The molecule has 0 radical (unpaired) electrons. The molecule has 196 valence electrons. The van der Waals surface area contributed by atoms with Crippen molar-refractivity contribution in [3.05, 3.63) is 52.4 Å². The normalized spacial score (nSPS) is 21.2. The van der Waals surface area contributed by atoms with Crippen molar-refractivity contribution >= 4 is 11.9 Å². The molecule has 3 N–H and O–H groups in total. The minimum absolute atomic E-state index is 0.151. The number of para-hydroxylation sites is 1. The first kappa shape index (κ1) is 27.3. The number of carbonyl (C=O) groups is 2. The predicted molar refractivity (Wildman–Crippen MR) is 139 cm³/mol. The number of aliphatic hydroxyl groups excluding tert-OH is 1. The van der Waals surface area contributed by atoms with Crippen molar-refractivity contribution in [2.45, 2.75) is 45.7 Å². The van der Waals surface area contributed by atoms with Gasteiger partial charge in [-0.25, -0.2) is 4.79 Å². The molecule has 9 nitrogen and oxygen atoms in total. The number of aliphatic hydroxyl groups is 1. The van der Waals surface area contributed by atoms with Gasteiger partial charge in [0.05, 0.1) is 24.6 Å². The number of likely N-dealkylation sites (N-methyl/N-ethyl adjacent to an activating group) is 1. The fraction of sp³-hybridized carbons (Fsp3) is 0.519. The molecule has 0 saturated heterocycles. The minimum atomic E-state index is -0.633. The number of nitrogens with one attached hydrogen (secondary N) is 2. The zero-order chi connectivity index (χ0) is 26.4. The van der Waals surface area contributed by atoms with Crippen LogP contribution in [0.2, 0.25) is 0 Å². The Morgan fingerprint density at radius 2 is 1.86 bits per heavy atom. The predicted octanol–water partition coefficient (Wildman–Crippen LogP) is 2.42. The van der Waals surface area contributed by atoms with Crippen molar-refractivity contribution in [3.63, 3.8) is 0 Å². The van der Waals surface area contributed by atoms with Crippen LogP contribution in [-0.4, -0.2) is 66.4 Å². The molecule has 2 heterocycles. The van der Waals surface area contributed by atoms with Gasteiger partial charge in [0.2, 0.25) is 5.91 Å². The van der Waals surface area contributed by atoms with Gasteiger partial charge in [-0.1, -0.05) is 32.0 Å². The summed E-state index contributed by atoms with van der Waals surface area (Å²) in [5.74, 6) is -1.20. The van der Waals surface area contributed by atoms with E-state index in [1.165, 1.54) is 4.90 Å². The van der Waals surface area contributed by atoms with E-state index in [1.807, 2.05) is 45.0 Å². The lowest BCUT2D eigenvalue weighted by Gasteiger charge is -2.36. The zero-order valence-corrected chi connectivity index (χ0v) is 21.8. The van der Waals surface area contributed by atoms with E-state index in [-0.39, 0.29) is 36.6 Å². The fourth-order valence-electron chi connectivity index (χ4n) is 5.23. The van der Waals surface area contributed by atoms with Gasteiger partial charge in [-0.2, -0.15) is 0 Å². The summed E-state index contributed by atoms with van der Waals surface area (Å²) < 4.78 is 7.14. The van der Waals surface area contributed by atoms with Gasteiger partial charge in [-0.05, 0) is 31.5 Å². The number of fused-ring (bicyclic) bond motifs is 1. The number of amides is 3. The maximum absolute atomic E-state index is 13.9. The summed E-state index contributed by atoms with van der Waals surface area (Å²) >= 11 is 0. The molecule has 0 unspecified atom stereocenters. The van der Waals surface area contributed by atoms with Crippen molar-refractivity contribution < 1.29 is 19.4 Å². The summed E-state index contributed by atoms with van der Waals surface area (Å²) in [6.07, 6.45) is 0.775. The van der Waals surface area contributed by atoms with Crippen LogP contribution in [0.5, 0.6) is 5.75 Å². The molecule has 36 heavy (non-hydrogen) atoms. The van der Waals surface area contributed by atoms with E-state index in [0.717, 1.165) is 6.42 Å². The van der Waals surface area contributed by atoms with Crippen LogP contribution >= 0.6 is 0 Å². The van der Waals surface area contributed by atoms with Crippen LogP contribution in [0.3, 0.4) is 0 Å². The second-order valence-electron chi connectivity index (χ2n) is 9.25. The Labute approximate surface area is 212 Å². The number of hydrogen-bond donors (Lipinski definition) is 3. The number of methoxy groups -OCH3 is 1. The Hall–Kier alpha value is -3.33. The van der Waals surface area contributed by atoms with Crippen LogP contribution in [0, 0.1) is 11.8 Å². The van der Waals surface area contributed by atoms with E-state index in [1.54, 1.807) is 30.9 Å². The standard InChI is InChI=1S/C27H38N4O5/c1-6-14-29-27(35)30(4)22-15-31-21(17(3)24(20(22)16-32)25(33)28-7-2)13-12-19(26(31)34)18-10-8-9-11-23(18)36-5/h8-13,17,20,22,24,32H,6-7,14-16H2,1-5H3,(H,28,33)(H,29,35)/t17-,20+,22+,24+/m1/s1. The Morgan fingerprint density at radius 3 is 2.50 bits per heavy atom. The minimum Gasteiger partial charge on any atom is -0.496 e. The van der Waals surface area contributed by atoms with E-state index >= 15 is 0 Å². The molecule has 1 aromatic carbocycles. The van der Waals surface area contributed by atoms with Crippen LogP contribution in [0.1, 0.15) is 38.8 Å². The number of rotatable bonds is 8. The molecule has 0 spiro atoms. The number of pyridine rings is 1. The highest BCUT2D eigenvalue weighted by Crippen LogP contribution is 2.38. The van der Waals surface area contributed by atoms with Crippen LogP contribution in [0.15, 0.2) is 41.2 Å². The van der Waals surface area contributed by atoms with Crippen molar-refractivity contribution in [1.29, 1.82) is 0 Å². The molecular formula is C27H38N4O5. The molecule has 1 aromatic heterocycles. The quantitative estimate of drug-likeness (QED) is 0.517. The molecular weight excluding hydrogens is 460 g/mol. The molecule has 0 aliphatic carbocycles. The third-order valence-corrected chi connectivity index (χ3v) is 7.14. The van der Waals surface area contributed by atoms with Crippen LogP contribution in [0.4, 0.5) is 4.79 Å². The molecule has 4 atom stereocenters. The third kappa shape index (κ3) is 5.26. The largest absolute Gasteiger partial charge is 0.496 e. The molecule has 2 aromatic rings. The van der Waals surface area contributed by atoms with Gasteiger partial charge in [0, 0.05) is 56.4 Å². The number of carbonyl (C=O) groups excluding carboxylic acids is 2. The Balaban J connectivity index is 2.20. The number of urea groups is 1. The summed E-state index contributed by atoms with van der Waals surface area (Å²) in [4.78, 5) is 41.7. The van der Waals surface area contributed by atoms with Crippen molar-refractivity contribution in [2.24, 2.45) is 11.8 Å². The summed E-state index contributed by atoms with van der Waals surface area (Å²) in [7, 11) is 3.21. The zero-order valence-electron chi connectivity index (χ0n) is 21.8. The maximum atomic E-state index is 13.9. The maximum Gasteiger partial charge on any atom is 0.317 e. The monoisotopic (exact) mass is 498 g/mol. The Bertz CT molecular complexity index is 1130. The van der Waals surface area contributed by atoms with Gasteiger partial charge >= 0.3 is 6.03 Å². The lowest BCUT2D eigenvalue weighted by atomic mass is 9.77. The van der Waals surface area contributed by atoms with Gasteiger partial charge in [0.15, 0.2) is 0 Å². The van der Waals surface area contributed by atoms with E-state index in [9.17, 15) is 19.5 Å². The summed E-state index contributed by atoms with van der Waals surface area (Å²) in [6, 6.07) is 10.1. The molecule has 9 heteroatoms. The summed E-state index contributed by atoms with van der Waals surface area (Å²) in [6.45, 7) is 6.50. The SMILES string of the molecule is CCCNC(=O)N(C)[C@H]1Cn2c(ccc(-c3ccccc3OC)c2=O)[C@@H](C)[C@H](C(=O)NCC)[C@H]1CO. The topological polar surface area (TPSA) is 113 Å². The summed E-state index contributed by atoms with van der Waals surface area (Å²) in [5.41, 5.74) is 1.60. The smallest absolute Gasteiger partial charge is 0.317 e. The molecule has 0 bridgehead atoms. The van der Waals surface area contributed by atoms with Crippen LogP contribution < -0.4 is 20.9 Å². The highest BCUT2D eigenvalue weighted by atomic mass is 16.5. The number of hydrogen-bond acceptors (Lipinski definition) is 5. The average Bonchev–Trinajstić information content (AvgIpc) is 3.01. The van der Waals surface area contributed by atoms with Gasteiger partial charge in [-0.3, -0.25) is 9.59 Å². The first-order valence-corrected chi connectivity index (χ1v) is 12.6. The van der Waals surface area contributed by atoms with Crippen molar-refractivity contribution in [3.8, 4) is 16.9 Å². The number of aromatic nitrogens is 1. The number of nitrogens with zero attached hydrogens (tertiary/aromatic N) is 2. The van der Waals surface area contributed by atoms with Crippen LogP contribution in [-0.2, 0) is 11.3 Å². The molecule has 1 aliphatic heterocycles. The lowest BCUT2D eigenvalue weighted by Crippen LogP contribution is -2.53. The first-order valence-electron chi connectivity index (χ1n) is 12.6. The second-order valence-corrected chi connectivity index (χ2v) is 9.25. The van der Waals surface area contributed by atoms with E-state index in [0.29, 0.717) is 35.7 Å². The number of benzene rings is 1. The third-order valence-electron chi connectivity index (χ3n) is 7.14. The van der Waals surface area contributed by atoms with Crippen molar-refractivity contribution in [1.82, 2.24) is 20.1 Å². The lowest BCUT2D eigenvalue weighted by molar-refractivity contribution is -0.129. The van der Waals surface area contributed by atoms with E-state index < -0.39 is 17.9 Å². The average molecular weight is 499 g/mol. The highest BCUT2D eigenvalue weighted by molar-refractivity contribution is 5.80. The van der Waals surface area contributed by atoms with Crippen LogP contribution in [0.25, 0.3) is 11.1 Å². The first-order chi connectivity index (χ1) is 17.3. The summed E-state index contributed by atoms with van der Waals surface area (Å²) in [5, 5.41) is 16.3. The van der Waals surface area contributed by atoms with Gasteiger partial charge in [0.1, 0.15) is 5.75 Å². The molecule has 0 fully saturated rings. The Morgan fingerprint density at radius 1 is 1.14 bits per heavy atom. The van der Waals surface area contributed by atoms with Crippen molar-refractivity contribution in [2.75, 3.05) is 33.9 Å². The van der Waals surface area contributed by atoms with Gasteiger partial charge in [0.25, 0.3) is 5.56 Å². The van der Waals surface area contributed by atoms with Gasteiger partial charge in [-0.15, -0.1) is 0 Å². The van der Waals surface area contributed by atoms with E-state index in [4.69, 9.17) is 4.74 Å². The molecule has 3 amide bonds. The van der Waals surface area contributed by atoms with Gasteiger partial charge < -0.3 is 29.9 Å².